The largest absolute Gasteiger partial charge is 0.481 e. The lowest BCUT2D eigenvalue weighted by atomic mass is 9.98. The number of benzene rings is 1. The molecule has 1 atom stereocenters. The van der Waals surface area contributed by atoms with Gasteiger partial charge in [-0.25, -0.2) is 9.37 Å². The number of methoxy groups -OCH3 is 1. The molecule has 0 radical (unpaired) electrons. The van der Waals surface area contributed by atoms with Gasteiger partial charge in [-0.15, -0.1) is 10.2 Å². The Kier molecular flexibility index (Phi) is 7.22. The van der Waals surface area contributed by atoms with Gasteiger partial charge in [0.25, 0.3) is 0 Å². The van der Waals surface area contributed by atoms with Crippen LogP contribution in [-0.4, -0.2) is 39.9 Å². The van der Waals surface area contributed by atoms with Crippen molar-refractivity contribution in [1.29, 1.82) is 0 Å². The van der Waals surface area contributed by atoms with E-state index < -0.39 is 17.8 Å². The normalized spacial score (nSPS) is 16.0. The highest BCUT2D eigenvalue weighted by Gasteiger charge is 2.41. The first-order valence-corrected chi connectivity index (χ1v) is 10.4. The van der Waals surface area contributed by atoms with E-state index in [1.807, 2.05) is 13.8 Å². The van der Waals surface area contributed by atoms with Gasteiger partial charge in [0.05, 0.1) is 19.0 Å². The van der Waals surface area contributed by atoms with E-state index in [0.717, 1.165) is 10.1 Å². The van der Waals surface area contributed by atoms with Crippen LogP contribution in [0.15, 0.2) is 36.5 Å². The zero-order valence-corrected chi connectivity index (χ0v) is 18.5. The molecule has 1 aromatic carbocycles. The molecule has 1 saturated heterocycles. The third-order valence-corrected chi connectivity index (χ3v) is 5.29. The fraction of sp³-hybridized carbons (Fsp3) is 0.381. The number of hydrogen-bond acceptors (Lipinski definition) is 5. The number of pyridine rings is 1. The fourth-order valence-electron chi connectivity index (χ4n) is 3.56. The Labute approximate surface area is 187 Å². The molecule has 0 bridgehead atoms. The molecular weight excluding hydrogens is 450 g/mol. The SMILES string of the molecule is CC.COc1ccc(-n2c(N3CCC(c4ccc(F)cc4Cl)C3)nnc2C(F)(F)F)cn1. The molecule has 0 amide bonds. The lowest BCUT2D eigenvalue weighted by Crippen LogP contribution is -2.24. The Hall–Kier alpha value is -2.88. The van der Waals surface area contributed by atoms with E-state index in [0.29, 0.717) is 24.5 Å². The van der Waals surface area contributed by atoms with Crippen molar-refractivity contribution in [2.24, 2.45) is 0 Å². The van der Waals surface area contributed by atoms with Crippen molar-refractivity contribution in [2.45, 2.75) is 32.4 Å². The van der Waals surface area contributed by atoms with E-state index in [-0.39, 0.29) is 23.4 Å². The van der Waals surface area contributed by atoms with Crippen LogP contribution in [0.25, 0.3) is 5.69 Å². The summed E-state index contributed by atoms with van der Waals surface area (Å²) >= 11 is 6.16. The molecule has 3 aromatic rings. The van der Waals surface area contributed by atoms with Crippen molar-refractivity contribution in [3.63, 3.8) is 0 Å². The van der Waals surface area contributed by atoms with Crippen molar-refractivity contribution in [2.75, 3.05) is 25.1 Å². The predicted molar refractivity (Wildman–Crippen MR) is 113 cm³/mol. The Morgan fingerprint density at radius 3 is 2.47 bits per heavy atom. The van der Waals surface area contributed by atoms with Crippen LogP contribution >= 0.6 is 11.6 Å². The molecule has 6 nitrogen and oxygen atoms in total. The number of alkyl halides is 3. The molecule has 1 unspecified atom stereocenters. The van der Waals surface area contributed by atoms with Gasteiger partial charge in [-0.05, 0) is 30.2 Å². The molecule has 2 aromatic heterocycles. The number of aromatic nitrogens is 4. The van der Waals surface area contributed by atoms with Crippen LogP contribution in [0.1, 0.15) is 37.6 Å². The molecule has 1 aliphatic rings. The number of anilines is 1. The van der Waals surface area contributed by atoms with Crippen LogP contribution in [0.5, 0.6) is 5.88 Å². The van der Waals surface area contributed by atoms with E-state index in [9.17, 15) is 17.6 Å². The molecule has 32 heavy (non-hydrogen) atoms. The zero-order chi connectivity index (χ0) is 23.5. The number of ether oxygens (including phenoxy) is 1. The molecule has 172 valence electrons. The summed E-state index contributed by atoms with van der Waals surface area (Å²) in [4.78, 5) is 5.69. The van der Waals surface area contributed by atoms with Crippen molar-refractivity contribution in [1.82, 2.24) is 19.7 Å². The topological polar surface area (TPSA) is 56.1 Å². The second-order valence-electron chi connectivity index (χ2n) is 6.81. The standard InChI is InChI=1S/C19H16ClF4N5O.C2H6/c1-30-16-5-3-13(9-25-16)29-17(19(22,23)24)26-27-18(29)28-7-6-11(10-28)14-4-2-12(21)8-15(14)20;1-2/h2-5,8-9,11H,6-7,10H2,1H3;1-2H3. The molecule has 0 spiro atoms. The first-order valence-electron chi connectivity index (χ1n) is 10.0. The Morgan fingerprint density at radius 2 is 1.88 bits per heavy atom. The Balaban J connectivity index is 0.00000141. The monoisotopic (exact) mass is 471 g/mol. The summed E-state index contributed by atoms with van der Waals surface area (Å²) in [7, 11) is 1.41. The summed E-state index contributed by atoms with van der Waals surface area (Å²) in [5, 5.41) is 7.50. The average molecular weight is 472 g/mol. The van der Waals surface area contributed by atoms with Crippen LogP contribution in [0, 0.1) is 5.82 Å². The minimum atomic E-state index is -4.70. The first-order chi connectivity index (χ1) is 15.3. The van der Waals surface area contributed by atoms with Crippen molar-refractivity contribution < 1.29 is 22.3 Å². The summed E-state index contributed by atoms with van der Waals surface area (Å²) < 4.78 is 60.0. The van der Waals surface area contributed by atoms with E-state index in [2.05, 4.69) is 15.2 Å². The maximum atomic E-state index is 13.6. The lowest BCUT2D eigenvalue weighted by molar-refractivity contribution is -0.146. The summed E-state index contributed by atoms with van der Waals surface area (Å²) in [6.07, 6.45) is -2.81. The van der Waals surface area contributed by atoms with E-state index in [4.69, 9.17) is 16.3 Å². The summed E-state index contributed by atoms with van der Waals surface area (Å²) in [6, 6.07) is 7.07. The maximum Gasteiger partial charge on any atom is 0.452 e. The van der Waals surface area contributed by atoms with Crippen LogP contribution in [0.3, 0.4) is 0 Å². The van der Waals surface area contributed by atoms with Gasteiger partial charge < -0.3 is 9.64 Å². The molecule has 1 fully saturated rings. The third kappa shape index (κ3) is 4.79. The Bertz CT molecular complexity index is 1060. The van der Waals surface area contributed by atoms with E-state index in [1.165, 1.54) is 37.6 Å². The highest BCUT2D eigenvalue weighted by Crippen LogP contribution is 2.37. The van der Waals surface area contributed by atoms with Gasteiger partial charge in [-0.3, -0.25) is 4.57 Å². The number of halogens is 5. The quantitative estimate of drug-likeness (QED) is 0.470. The minimum absolute atomic E-state index is 0.0509. The molecule has 11 heteroatoms. The maximum absolute atomic E-state index is 13.6. The molecule has 0 aliphatic carbocycles. The van der Waals surface area contributed by atoms with Gasteiger partial charge in [-0.2, -0.15) is 13.2 Å². The van der Waals surface area contributed by atoms with Gasteiger partial charge in [-0.1, -0.05) is 31.5 Å². The molecule has 1 aliphatic heterocycles. The molecule has 3 heterocycles. The molecule has 4 rings (SSSR count). The van der Waals surface area contributed by atoms with Gasteiger partial charge in [0, 0.05) is 30.1 Å². The van der Waals surface area contributed by atoms with Crippen molar-refractivity contribution in [3.8, 4) is 11.6 Å². The van der Waals surface area contributed by atoms with Crippen LogP contribution in [0.2, 0.25) is 5.02 Å². The fourth-order valence-corrected chi connectivity index (χ4v) is 3.88. The lowest BCUT2D eigenvalue weighted by Gasteiger charge is -2.20. The van der Waals surface area contributed by atoms with Crippen LogP contribution in [0.4, 0.5) is 23.5 Å². The predicted octanol–water partition coefficient (Wildman–Crippen LogP) is 5.50. The van der Waals surface area contributed by atoms with Crippen molar-refractivity contribution >= 4 is 17.5 Å². The summed E-state index contributed by atoms with van der Waals surface area (Å²) in [5.74, 6) is -1.34. The van der Waals surface area contributed by atoms with Gasteiger partial charge in [0.1, 0.15) is 5.82 Å². The molecule has 0 saturated carbocycles. The average Bonchev–Trinajstić information content (AvgIpc) is 3.42. The van der Waals surface area contributed by atoms with E-state index >= 15 is 0 Å². The molecular formula is C21H22ClF4N5O. The second-order valence-corrected chi connectivity index (χ2v) is 7.22. The number of nitrogens with zero attached hydrogens (tertiary/aromatic N) is 5. The highest BCUT2D eigenvalue weighted by atomic mass is 35.5. The number of hydrogen-bond donors (Lipinski definition) is 0. The number of rotatable bonds is 4. The molecule has 0 N–H and O–H groups in total. The highest BCUT2D eigenvalue weighted by molar-refractivity contribution is 6.31. The van der Waals surface area contributed by atoms with Crippen LogP contribution < -0.4 is 9.64 Å². The van der Waals surface area contributed by atoms with Gasteiger partial charge in [0.15, 0.2) is 0 Å². The van der Waals surface area contributed by atoms with Crippen molar-refractivity contribution in [3.05, 3.63) is 58.8 Å². The first kappa shape index (κ1) is 23.8. The summed E-state index contributed by atoms with van der Waals surface area (Å²) in [5.41, 5.74) is 0.903. The zero-order valence-electron chi connectivity index (χ0n) is 17.7. The third-order valence-electron chi connectivity index (χ3n) is 4.96. The second kappa shape index (κ2) is 9.72. The Morgan fingerprint density at radius 1 is 1.12 bits per heavy atom. The van der Waals surface area contributed by atoms with Gasteiger partial charge >= 0.3 is 6.18 Å². The minimum Gasteiger partial charge on any atom is -0.481 e. The van der Waals surface area contributed by atoms with Crippen LogP contribution in [-0.2, 0) is 6.18 Å². The smallest absolute Gasteiger partial charge is 0.452 e. The van der Waals surface area contributed by atoms with E-state index in [1.54, 1.807) is 11.0 Å². The summed E-state index contributed by atoms with van der Waals surface area (Å²) in [6.45, 7) is 4.81. The van der Waals surface area contributed by atoms with Gasteiger partial charge in [0.2, 0.25) is 17.7 Å².